The number of nitrogens with zero attached hydrogens (tertiary/aromatic N) is 3. The molecule has 2 aromatic rings. The van der Waals surface area contributed by atoms with Gasteiger partial charge in [0.25, 0.3) is 5.91 Å². The van der Waals surface area contributed by atoms with Crippen LogP contribution in [-0.2, 0) is 0 Å². The van der Waals surface area contributed by atoms with Crippen molar-refractivity contribution >= 4 is 23.3 Å². The molecule has 4 nitrogen and oxygen atoms in total. The van der Waals surface area contributed by atoms with Gasteiger partial charge in [0.1, 0.15) is 5.82 Å². The summed E-state index contributed by atoms with van der Waals surface area (Å²) in [5.41, 5.74) is 3.00. The molecule has 1 aromatic carbocycles. The van der Waals surface area contributed by atoms with Crippen LogP contribution in [0.1, 0.15) is 21.5 Å². The molecular formula is C18H20ClN3O. The van der Waals surface area contributed by atoms with E-state index in [2.05, 4.69) is 22.9 Å². The van der Waals surface area contributed by atoms with Gasteiger partial charge in [0.2, 0.25) is 0 Å². The number of carbonyl (C=O) groups is 1. The summed E-state index contributed by atoms with van der Waals surface area (Å²) >= 11 is 5.97. The van der Waals surface area contributed by atoms with E-state index in [0.29, 0.717) is 23.7 Å². The first-order valence-electron chi connectivity index (χ1n) is 7.77. The Morgan fingerprint density at radius 2 is 1.87 bits per heavy atom. The van der Waals surface area contributed by atoms with Crippen molar-refractivity contribution in [3.63, 3.8) is 0 Å². The lowest BCUT2D eigenvalue weighted by Crippen LogP contribution is -2.49. The van der Waals surface area contributed by atoms with Gasteiger partial charge in [-0.25, -0.2) is 4.98 Å². The molecule has 5 heteroatoms. The van der Waals surface area contributed by atoms with Crippen LogP contribution >= 0.6 is 11.6 Å². The zero-order valence-corrected chi connectivity index (χ0v) is 14.2. The Kier molecular flexibility index (Phi) is 4.53. The molecule has 0 spiro atoms. The van der Waals surface area contributed by atoms with Crippen LogP contribution < -0.4 is 4.90 Å². The second kappa shape index (κ2) is 6.59. The van der Waals surface area contributed by atoms with Crippen LogP contribution in [-0.4, -0.2) is 42.0 Å². The van der Waals surface area contributed by atoms with Gasteiger partial charge in [0.15, 0.2) is 0 Å². The second-order valence-corrected chi connectivity index (χ2v) is 6.38. The van der Waals surface area contributed by atoms with Gasteiger partial charge in [-0.1, -0.05) is 23.7 Å². The third kappa shape index (κ3) is 3.48. The molecule has 1 aliphatic rings. The van der Waals surface area contributed by atoms with E-state index in [4.69, 9.17) is 11.6 Å². The highest BCUT2D eigenvalue weighted by Gasteiger charge is 2.23. The minimum Gasteiger partial charge on any atom is -0.353 e. The van der Waals surface area contributed by atoms with Crippen molar-refractivity contribution in [2.45, 2.75) is 13.8 Å². The van der Waals surface area contributed by atoms with Gasteiger partial charge in [-0.3, -0.25) is 4.79 Å². The van der Waals surface area contributed by atoms with Crippen LogP contribution in [0.3, 0.4) is 0 Å². The van der Waals surface area contributed by atoms with Crippen molar-refractivity contribution in [2.24, 2.45) is 0 Å². The third-order valence-corrected chi connectivity index (χ3v) is 4.36. The highest BCUT2D eigenvalue weighted by Crippen LogP contribution is 2.20. The molecule has 120 valence electrons. The Bertz CT molecular complexity index is 724. The number of piperazine rings is 1. The van der Waals surface area contributed by atoms with E-state index in [1.54, 1.807) is 12.1 Å². The number of anilines is 1. The Morgan fingerprint density at radius 1 is 1.13 bits per heavy atom. The Morgan fingerprint density at radius 3 is 2.52 bits per heavy atom. The monoisotopic (exact) mass is 329 g/mol. The summed E-state index contributed by atoms with van der Waals surface area (Å²) in [6.07, 6.45) is 1.89. The fourth-order valence-corrected chi connectivity index (χ4v) is 3.15. The second-order valence-electron chi connectivity index (χ2n) is 5.94. The van der Waals surface area contributed by atoms with E-state index >= 15 is 0 Å². The fraction of sp³-hybridized carbons (Fsp3) is 0.333. The van der Waals surface area contributed by atoms with Crippen LogP contribution in [0.25, 0.3) is 0 Å². The summed E-state index contributed by atoms with van der Waals surface area (Å²) in [7, 11) is 0. The molecule has 1 saturated heterocycles. The van der Waals surface area contributed by atoms with Crippen LogP contribution in [0.2, 0.25) is 5.02 Å². The summed E-state index contributed by atoms with van der Waals surface area (Å²) in [6.45, 7) is 7.11. The van der Waals surface area contributed by atoms with Crippen molar-refractivity contribution < 1.29 is 4.79 Å². The minimum absolute atomic E-state index is 0.0423. The van der Waals surface area contributed by atoms with E-state index < -0.39 is 0 Å². The summed E-state index contributed by atoms with van der Waals surface area (Å²) in [6, 6.07) is 9.27. The molecule has 0 radical (unpaired) electrons. The van der Waals surface area contributed by atoms with Gasteiger partial charge in [-0.15, -0.1) is 0 Å². The summed E-state index contributed by atoms with van der Waals surface area (Å²) in [5, 5.41) is 0.592. The van der Waals surface area contributed by atoms with Crippen molar-refractivity contribution in [3.8, 4) is 0 Å². The lowest BCUT2D eigenvalue weighted by atomic mass is 10.1. The minimum atomic E-state index is 0.0423. The zero-order valence-electron chi connectivity index (χ0n) is 13.4. The first kappa shape index (κ1) is 15.8. The molecule has 23 heavy (non-hydrogen) atoms. The first-order valence-corrected chi connectivity index (χ1v) is 8.15. The maximum absolute atomic E-state index is 12.5. The number of hydrogen-bond acceptors (Lipinski definition) is 3. The molecule has 0 atom stereocenters. The van der Waals surface area contributed by atoms with E-state index in [1.807, 2.05) is 30.2 Å². The van der Waals surface area contributed by atoms with Gasteiger partial charge in [0, 0.05) is 43.0 Å². The summed E-state index contributed by atoms with van der Waals surface area (Å²) < 4.78 is 0. The quantitative estimate of drug-likeness (QED) is 0.848. The van der Waals surface area contributed by atoms with Crippen molar-refractivity contribution in [1.29, 1.82) is 0 Å². The molecule has 3 rings (SSSR count). The Labute approximate surface area is 141 Å². The average molecular weight is 330 g/mol. The maximum atomic E-state index is 12.5. The lowest BCUT2D eigenvalue weighted by molar-refractivity contribution is 0.0746. The Balaban J connectivity index is 1.67. The Hall–Kier alpha value is -2.07. The van der Waals surface area contributed by atoms with Gasteiger partial charge < -0.3 is 9.80 Å². The van der Waals surface area contributed by atoms with Crippen molar-refractivity contribution in [3.05, 3.63) is 58.2 Å². The fourth-order valence-electron chi connectivity index (χ4n) is 2.96. The number of benzene rings is 1. The topological polar surface area (TPSA) is 36.4 Å². The van der Waals surface area contributed by atoms with E-state index in [0.717, 1.165) is 18.9 Å². The highest BCUT2D eigenvalue weighted by molar-refractivity contribution is 6.30. The SMILES string of the molecule is Cc1cnc(N2CCN(C(=O)c3cccc(Cl)c3)CC2)c(C)c1. The third-order valence-electron chi connectivity index (χ3n) is 4.13. The van der Waals surface area contributed by atoms with Gasteiger partial charge >= 0.3 is 0 Å². The lowest BCUT2D eigenvalue weighted by Gasteiger charge is -2.36. The molecule has 1 amide bonds. The van der Waals surface area contributed by atoms with Crippen LogP contribution in [0, 0.1) is 13.8 Å². The average Bonchev–Trinajstić information content (AvgIpc) is 2.54. The smallest absolute Gasteiger partial charge is 0.254 e. The van der Waals surface area contributed by atoms with Crippen LogP contribution in [0.4, 0.5) is 5.82 Å². The predicted molar refractivity (Wildman–Crippen MR) is 93.3 cm³/mol. The molecule has 0 saturated carbocycles. The number of amides is 1. The first-order chi connectivity index (χ1) is 11.0. The van der Waals surface area contributed by atoms with Gasteiger partial charge in [0.05, 0.1) is 0 Å². The molecule has 1 aromatic heterocycles. The number of carbonyl (C=O) groups excluding carboxylic acids is 1. The number of aromatic nitrogens is 1. The molecule has 0 N–H and O–H groups in total. The predicted octanol–water partition coefficient (Wildman–Crippen LogP) is 3.31. The zero-order chi connectivity index (χ0) is 16.4. The van der Waals surface area contributed by atoms with Crippen LogP contribution in [0.5, 0.6) is 0 Å². The summed E-state index contributed by atoms with van der Waals surface area (Å²) in [4.78, 5) is 21.2. The standard InChI is InChI=1S/C18H20ClN3O/c1-13-10-14(2)17(20-12-13)21-6-8-22(9-7-21)18(23)15-4-3-5-16(19)11-15/h3-5,10-12H,6-9H2,1-2H3. The van der Waals surface area contributed by atoms with Gasteiger partial charge in [-0.2, -0.15) is 0 Å². The number of halogens is 1. The number of pyridine rings is 1. The van der Waals surface area contributed by atoms with E-state index in [-0.39, 0.29) is 5.91 Å². The summed E-state index contributed by atoms with van der Waals surface area (Å²) in [5.74, 6) is 1.06. The number of hydrogen-bond donors (Lipinski definition) is 0. The number of aryl methyl sites for hydroxylation is 2. The molecule has 2 heterocycles. The molecule has 1 fully saturated rings. The largest absolute Gasteiger partial charge is 0.353 e. The molecular weight excluding hydrogens is 310 g/mol. The van der Waals surface area contributed by atoms with E-state index in [9.17, 15) is 4.79 Å². The van der Waals surface area contributed by atoms with Crippen LogP contribution in [0.15, 0.2) is 36.5 Å². The molecule has 0 unspecified atom stereocenters. The highest BCUT2D eigenvalue weighted by atomic mass is 35.5. The van der Waals surface area contributed by atoms with Gasteiger partial charge in [-0.05, 0) is 43.2 Å². The molecule has 0 bridgehead atoms. The van der Waals surface area contributed by atoms with Crippen molar-refractivity contribution in [2.75, 3.05) is 31.1 Å². The normalized spacial score (nSPS) is 14.9. The van der Waals surface area contributed by atoms with E-state index in [1.165, 1.54) is 11.1 Å². The number of rotatable bonds is 2. The van der Waals surface area contributed by atoms with Crippen molar-refractivity contribution in [1.82, 2.24) is 9.88 Å². The molecule has 1 aliphatic heterocycles. The maximum Gasteiger partial charge on any atom is 0.254 e. The molecule has 0 aliphatic carbocycles.